The van der Waals surface area contributed by atoms with Crippen LogP contribution in [0.1, 0.15) is 23.2 Å². The van der Waals surface area contributed by atoms with Gasteiger partial charge in [-0.25, -0.2) is 21.6 Å². The predicted octanol–water partition coefficient (Wildman–Crippen LogP) is 2.28. The number of hydrogen-bond donors (Lipinski definition) is 2. The van der Waals surface area contributed by atoms with E-state index in [-0.39, 0.29) is 32.1 Å². The molecule has 2 aromatic carbocycles. The van der Waals surface area contributed by atoms with Crippen LogP contribution in [0.25, 0.3) is 0 Å². The van der Waals surface area contributed by atoms with E-state index >= 15 is 0 Å². The summed E-state index contributed by atoms with van der Waals surface area (Å²) < 4.78 is 55.4. The lowest BCUT2D eigenvalue weighted by Crippen LogP contribution is -2.26. The molecular formula is C18H20ClN3O5S2. The van der Waals surface area contributed by atoms with E-state index in [1.807, 2.05) is 0 Å². The molecule has 3 rings (SSSR count). The first-order valence-corrected chi connectivity index (χ1v) is 12.0. The van der Waals surface area contributed by atoms with Gasteiger partial charge in [0.1, 0.15) is 0 Å². The molecule has 0 saturated heterocycles. The summed E-state index contributed by atoms with van der Waals surface area (Å²) in [5.74, 6) is -0.413. The minimum atomic E-state index is -4.18. The second-order valence-corrected chi connectivity index (χ2v) is 10.7. The third-order valence-corrected chi connectivity index (χ3v) is 7.30. The zero-order chi connectivity index (χ0) is 21.4. The lowest BCUT2D eigenvalue weighted by atomic mass is 10.1. The molecule has 1 aliphatic carbocycles. The molecular weight excluding hydrogens is 438 g/mol. The van der Waals surface area contributed by atoms with E-state index in [1.54, 1.807) is 0 Å². The normalized spacial score (nSPS) is 14.4. The second-order valence-electron chi connectivity index (χ2n) is 6.87. The highest BCUT2D eigenvalue weighted by molar-refractivity contribution is 7.93. The van der Waals surface area contributed by atoms with Crippen molar-refractivity contribution in [1.29, 1.82) is 0 Å². The smallest absolute Gasteiger partial charge is 0.261 e. The van der Waals surface area contributed by atoms with Crippen LogP contribution in [0.15, 0.2) is 52.3 Å². The number of benzene rings is 2. The highest BCUT2D eigenvalue weighted by atomic mass is 35.5. The minimum absolute atomic E-state index is 0.000524. The quantitative estimate of drug-likeness (QED) is 0.662. The van der Waals surface area contributed by atoms with Crippen LogP contribution in [-0.2, 0) is 20.0 Å². The van der Waals surface area contributed by atoms with Crippen molar-refractivity contribution in [3.05, 3.63) is 53.1 Å². The van der Waals surface area contributed by atoms with Crippen LogP contribution >= 0.6 is 11.6 Å². The molecule has 0 radical (unpaired) electrons. The molecule has 1 saturated carbocycles. The van der Waals surface area contributed by atoms with Crippen LogP contribution in [0, 0.1) is 0 Å². The fourth-order valence-electron chi connectivity index (χ4n) is 2.53. The SMILES string of the molecule is CN(C)C(=O)c1ccc(Cl)cc1NS(=O)(=O)c1cccc(S(=O)(=O)NC2CC2)c1. The maximum absolute atomic E-state index is 12.9. The Bertz CT molecular complexity index is 1160. The van der Waals surface area contributed by atoms with Crippen molar-refractivity contribution in [1.82, 2.24) is 9.62 Å². The maximum Gasteiger partial charge on any atom is 0.261 e. The third-order valence-electron chi connectivity index (χ3n) is 4.19. The number of nitrogens with one attached hydrogen (secondary N) is 2. The first kappa shape index (κ1) is 21.6. The van der Waals surface area contributed by atoms with E-state index in [4.69, 9.17) is 11.6 Å². The van der Waals surface area contributed by atoms with Crippen LogP contribution in [0.3, 0.4) is 0 Å². The Labute approximate surface area is 175 Å². The molecule has 2 N–H and O–H groups in total. The van der Waals surface area contributed by atoms with Gasteiger partial charge in [-0.1, -0.05) is 17.7 Å². The number of carbonyl (C=O) groups is 1. The number of hydrogen-bond acceptors (Lipinski definition) is 5. The van der Waals surface area contributed by atoms with E-state index in [1.165, 1.54) is 55.4 Å². The molecule has 0 unspecified atom stereocenters. The Morgan fingerprint density at radius 3 is 2.21 bits per heavy atom. The Morgan fingerprint density at radius 1 is 1.00 bits per heavy atom. The summed E-state index contributed by atoms with van der Waals surface area (Å²) in [4.78, 5) is 13.3. The van der Waals surface area contributed by atoms with E-state index in [0.717, 1.165) is 18.9 Å². The Hall–Kier alpha value is -2.14. The van der Waals surface area contributed by atoms with Gasteiger partial charge in [0.15, 0.2) is 0 Å². The first-order valence-electron chi connectivity index (χ1n) is 8.66. The van der Waals surface area contributed by atoms with Gasteiger partial charge in [-0.2, -0.15) is 0 Å². The van der Waals surface area contributed by atoms with E-state index in [2.05, 4.69) is 9.44 Å². The van der Waals surface area contributed by atoms with Gasteiger partial charge in [0.25, 0.3) is 15.9 Å². The first-order chi connectivity index (χ1) is 13.5. The zero-order valence-electron chi connectivity index (χ0n) is 15.7. The predicted molar refractivity (Wildman–Crippen MR) is 110 cm³/mol. The third kappa shape index (κ3) is 5.08. The summed E-state index contributed by atoms with van der Waals surface area (Å²) in [5.41, 5.74) is 0.114. The molecule has 156 valence electrons. The monoisotopic (exact) mass is 457 g/mol. The summed E-state index contributed by atoms with van der Waals surface area (Å²) >= 11 is 5.97. The van der Waals surface area contributed by atoms with Gasteiger partial charge in [0.05, 0.1) is 21.0 Å². The molecule has 0 aromatic heterocycles. The zero-order valence-corrected chi connectivity index (χ0v) is 18.1. The second kappa shape index (κ2) is 7.94. The molecule has 8 nitrogen and oxygen atoms in total. The standard InChI is InChI=1S/C18H20ClN3O5S2/c1-22(2)18(23)16-9-6-12(19)10-17(16)21-29(26,27)15-5-3-4-14(11-15)28(24,25)20-13-7-8-13/h3-6,9-11,13,20-21H,7-8H2,1-2H3. The lowest BCUT2D eigenvalue weighted by molar-refractivity contribution is 0.0828. The topological polar surface area (TPSA) is 113 Å². The summed E-state index contributed by atoms with van der Waals surface area (Å²) in [6.07, 6.45) is 1.52. The Morgan fingerprint density at radius 2 is 1.62 bits per heavy atom. The fraction of sp³-hybridized carbons (Fsp3) is 0.278. The van der Waals surface area contributed by atoms with Crippen molar-refractivity contribution in [3.63, 3.8) is 0 Å². The average Bonchev–Trinajstić information content (AvgIpc) is 3.44. The van der Waals surface area contributed by atoms with Gasteiger partial charge in [-0.3, -0.25) is 9.52 Å². The van der Waals surface area contributed by atoms with Crippen molar-refractivity contribution in [2.45, 2.75) is 28.7 Å². The van der Waals surface area contributed by atoms with Crippen LogP contribution in [0.2, 0.25) is 5.02 Å². The van der Waals surface area contributed by atoms with Gasteiger partial charge in [-0.15, -0.1) is 0 Å². The summed E-state index contributed by atoms with van der Waals surface area (Å²) in [6, 6.07) is 9.14. The summed E-state index contributed by atoms with van der Waals surface area (Å²) in [7, 11) is -4.92. The van der Waals surface area contributed by atoms with Crippen LogP contribution in [0.4, 0.5) is 5.69 Å². The van der Waals surface area contributed by atoms with Crippen molar-refractivity contribution >= 4 is 43.2 Å². The van der Waals surface area contributed by atoms with Crippen molar-refractivity contribution in [2.75, 3.05) is 18.8 Å². The molecule has 0 aliphatic heterocycles. The molecule has 0 atom stereocenters. The number of rotatable bonds is 7. The van der Waals surface area contributed by atoms with Crippen LogP contribution in [0.5, 0.6) is 0 Å². The molecule has 1 aliphatic rings. The molecule has 0 spiro atoms. The van der Waals surface area contributed by atoms with Crippen LogP contribution in [-0.4, -0.2) is 47.8 Å². The highest BCUT2D eigenvalue weighted by Gasteiger charge is 2.29. The molecule has 11 heteroatoms. The summed E-state index contributed by atoms with van der Waals surface area (Å²) in [5, 5.41) is 0.239. The molecule has 0 bridgehead atoms. The Balaban J connectivity index is 1.96. The number of halogens is 1. The van der Waals surface area contributed by atoms with Gasteiger partial charge < -0.3 is 4.90 Å². The molecule has 1 amide bonds. The lowest BCUT2D eigenvalue weighted by Gasteiger charge is -2.16. The highest BCUT2D eigenvalue weighted by Crippen LogP contribution is 2.27. The van der Waals surface area contributed by atoms with Gasteiger partial charge in [0, 0.05) is 25.2 Å². The molecule has 29 heavy (non-hydrogen) atoms. The molecule has 0 heterocycles. The van der Waals surface area contributed by atoms with Gasteiger partial charge in [-0.05, 0) is 49.2 Å². The number of carbonyl (C=O) groups excluding carboxylic acids is 1. The van der Waals surface area contributed by atoms with Gasteiger partial charge >= 0.3 is 0 Å². The minimum Gasteiger partial charge on any atom is -0.345 e. The van der Waals surface area contributed by atoms with Gasteiger partial charge in [0.2, 0.25) is 10.0 Å². The van der Waals surface area contributed by atoms with E-state index in [0.29, 0.717) is 0 Å². The average molecular weight is 458 g/mol. The number of sulfonamides is 2. The number of amides is 1. The van der Waals surface area contributed by atoms with Crippen molar-refractivity contribution in [2.24, 2.45) is 0 Å². The number of nitrogens with zero attached hydrogens (tertiary/aromatic N) is 1. The van der Waals surface area contributed by atoms with E-state index < -0.39 is 26.0 Å². The van der Waals surface area contributed by atoms with Crippen molar-refractivity contribution in [3.8, 4) is 0 Å². The van der Waals surface area contributed by atoms with Crippen molar-refractivity contribution < 1.29 is 21.6 Å². The van der Waals surface area contributed by atoms with Crippen LogP contribution < -0.4 is 9.44 Å². The maximum atomic E-state index is 12.9. The summed E-state index contributed by atoms with van der Waals surface area (Å²) in [6.45, 7) is 0. The largest absolute Gasteiger partial charge is 0.345 e. The fourth-order valence-corrected chi connectivity index (χ4v) is 5.24. The van der Waals surface area contributed by atoms with E-state index in [9.17, 15) is 21.6 Å². The number of anilines is 1. The molecule has 2 aromatic rings. The molecule has 1 fully saturated rings. The Kier molecular flexibility index (Phi) is 5.91.